The Bertz CT molecular complexity index is 1100. The van der Waals surface area contributed by atoms with E-state index in [-0.39, 0.29) is 95.9 Å². The van der Waals surface area contributed by atoms with Crippen LogP contribution in [0.1, 0.15) is 98.3 Å². The van der Waals surface area contributed by atoms with Gasteiger partial charge in [-0.25, -0.2) is 5.48 Å². The Morgan fingerprint density at radius 3 is 2.34 bits per heavy atom. The lowest BCUT2D eigenvalue weighted by molar-refractivity contribution is -0.212. The first-order valence-electron chi connectivity index (χ1n) is 17.7. The van der Waals surface area contributed by atoms with E-state index in [0.29, 0.717) is 52.0 Å². The molecule has 0 radical (unpaired) electrons. The molecular formula is C35H58N2O10. The van der Waals surface area contributed by atoms with Crippen molar-refractivity contribution in [1.82, 2.24) is 10.8 Å². The molecular weight excluding hydrogens is 608 g/mol. The number of aliphatic carboxylic acids is 1. The molecule has 4 aliphatic rings. The summed E-state index contributed by atoms with van der Waals surface area (Å²) in [5, 5.41) is 35.3. The SMILES string of the molecule is CC(=O)COCCOCCNC(=O)CCC(=O)NO[C@H]1CC[C@@]2(C)[C@@H](C1)C[C@@H](O)[C@H]1C3CC[C@H]([C@H](C)CCC(=O)O)[C@@]3(C)[C@@H](O)C[C@@H]12. The molecule has 4 rings (SSSR count). The van der Waals surface area contributed by atoms with Gasteiger partial charge in [-0.3, -0.25) is 24.0 Å². The van der Waals surface area contributed by atoms with Crippen LogP contribution in [0.5, 0.6) is 0 Å². The number of amides is 2. The van der Waals surface area contributed by atoms with Gasteiger partial charge in [0.1, 0.15) is 6.61 Å². The van der Waals surface area contributed by atoms with Gasteiger partial charge in [-0.05, 0) is 105 Å². The monoisotopic (exact) mass is 666 g/mol. The number of ether oxygens (including phenoxy) is 2. The Labute approximate surface area is 279 Å². The van der Waals surface area contributed by atoms with Crippen molar-refractivity contribution in [2.24, 2.45) is 46.3 Å². The maximum Gasteiger partial charge on any atom is 0.303 e. The molecule has 0 aromatic rings. The van der Waals surface area contributed by atoms with E-state index in [2.05, 4.69) is 31.6 Å². The number of carboxylic acids is 1. The third-order valence-electron chi connectivity index (χ3n) is 12.5. The summed E-state index contributed by atoms with van der Waals surface area (Å²) >= 11 is 0. The van der Waals surface area contributed by atoms with Gasteiger partial charge in [0.2, 0.25) is 11.8 Å². The number of nitrogens with one attached hydrogen (secondary N) is 2. The molecule has 5 N–H and O–H groups in total. The number of carbonyl (C=O) groups is 4. The molecule has 12 heteroatoms. The molecule has 4 saturated carbocycles. The minimum absolute atomic E-state index is 0.00410. The summed E-state index contributed by atoms with van der Waals surface area (Å²) in [6.07, 6.45) is 5.21. The number of rotatable bonds is 17. The van der Waals surface area contributed by atoms with Crippen LogP contribution < -0.4 is 10.8 Å². The van der Waals surface area contributed by atoms with Crippen LogP contribution in [0.15, 0.2) is 0 Å². The highest BCUT2D eigenvalue weighted by molar-refractivity contribution is 5.83. The van der Waals surface area contributed by atoms with Gasteiger partial charge in [-0.15, -0.1) is 0 Å². The number of aliphatic hydroxyl groups is 2. The molecule has 0 aliphatic heterocycles. The molecule has 268 valence electrons. The normalized spacial score (nSPS) is 36.8. The Hall–Kier alpha value is -2.12. The topological polar surface area (TPSA) is 181 Å². The predicted molar refractivity (Wildman–Crippen MR) is 172 cm³/mol. The Kier molecular flexibility index (Phi) is 13.3. The zero-order chi connectivity index (χ0) is 34.4. The first-order chi connectivity index (χ1) is 22.3. The Balaban J connectivity index is 1.21. The molecule has 2 amide bonds. The standard InChI is InChI=1S/C35H58N2O10/c1-21(5-10-32(43)44)25-6-7-26-33-27(19-29(40)35(25,26)4)34(3)12-11-24(17-23(34)18-28(33)39)47-37-31(42)9-8-30(41)36-13-14-45-15-16-46-20-22(2)38/h21,23-29,33,39-40H,5-20H2,1-4H3,(H,36,41)(H,37,42)(H,43,44)/t21-,23+,24+,25-,26?,27+,28-,29+,33+,34+,35-/m1/s1. The summed E-state index contributed by atoms with van der Waals surface area (Å²) in [5.41, 5.74) is 2.16. The lowest BCUT2D eigenvalue weighted by Gasteiger charge is -2.63. The fraction of sp³-hybridized carbons (Fsp3) is 0.886. The van der Waals surface area contributed by atoms with E-state index >= 15 is 0 Å². The van der Waals surface area contributed by atoms with Crippen LogP contribution in [-0.2, 0) is 33.5 Å². The van der Waals surface area contributed by atoms with E-state index in [1.807, 2.05) is 0 Å². The predicted octanol–water partition coefficient (Wildman–Crippen LogP) is 3.02. The fourth-order valence-corrected chi connectivity index (χ4v) is 9.99. The van der Waals surface area contributed by atoms with Crippen molar-refractivity contribution >= 4 is 23.6 Å². The molecule has 0 saturated heterocycles. The van der Waals surface area contributed by atoms with Gasteiger partial charge < -0.3 is 30.1 Å². The third-order valence-corrected chi connectivity index (χ3v) is 12.5. The molecule has 4 fully saturated rings. The molecule has 0 spiro atoms. The van der Waals surface area contributed by atoms with Crippen molar-refractivity contribution in [1.29, 1.82) is 0 Å². The van der Waals surface area contributed by atoms with E-state index in [9.17, 15) is 34.5 Å². The Morgan fingerprint density at radius 1 is 0.894 bits per heavy atom. The van der Waals surface area contributed by atoms with Crippen molar-refractivity contribution in [3.8, 4) is 0 Å². The van der Waals surface area contributed by atoms with Crippen LogP contribution >= 0.6 is 0 Å². The summed E-state index contributed by atoms with van der Waals surface area (Å²) in [4.78, 5) is 52.4. The number of hydroxylamine groups is 1. The minimum Gasteiger partial charge on any atom is -0.481 e. The second-order valence-electron chi connectivity index (χ2n) is 15.3. The number of hydrogen-bond acceptors (Lipinski definition) is 9. The largest absolute Gasteiger partial charge is 0.481 e. The molecule has 0 aromatic heterocycles. The summed E-state index contributed by atoms with van der Waals surface area (Å²) < 4.78 is 10.4. The van der Waals surface area contributed by atoms with E-state index in [1.165, 1.54) is 6.92 Å². The molecule has 47 heavy (non-hydrogen) atoms. The number of Topliss-reactive ketones (excluding diaryl/α,β-unsaturated/α-hetero) is 1. The van der Waals surface area contributed by atoms with Crippen molar-refractivity contribution < 1.29 is 48.8 Å². The first kappa shape index (κ1) is 37.7. The lowest BCUT2D eigenvalue weighted by atomic mass is 9.43. The highest BCUT2D eigenvalue weighted by Gasteiger charge is 2.65. The molecule has 0 heterocycles. The Morgan fingerprint density at radius 2 is 1.62 bits per heavy atom. The van der Waals surface area contributed by atoms with E-state index in [1.54, 1.807) is 0 Å². The second-order valence-corrected chi connectivity index (χ2v) is 15.3. The quantitative estimate of drug-likeness (QED) is 0.114. The van der Waals surface area contributed by atoms with E-state index < -0.39 is 18.2 Å². The maximum absolute atomic E-state index is 12.4. The van der Waals surface area contributed by atoms with Gasteiger partial charge in [-0.1, -0.05) is 20.8 Å². The number of carbonyl (C=O) groups excluding carboxylic acids is 3. The second kappa shape index (κ2) is 16.5. The number of carboxylic acid groups (broad SMARTS) is 1. The molecule has 0 bridgehead atoms. The zero-order valence-electron chi connectivity index (χ0n) is 28.7. The number of aliphatic hydroxyl groups excluding tert-OH is 2. The van der Waals surface area contributed by atoms with Gasteiger partial charge in [-0.2, -0.15) is 0 Å². The molecule has 12 nitrogen and oxygen atoms in total. The highest BCUT2D eigenvalue weighted by atomic mass is 16.7. The van der Waals surface area contributed by atoms with E-state index in [0.717, 1.165) is 25.7 Å². The van der Waals surface area contributed by atoms with Crippen molar-refractivity contribution in [3.05, 3.63) is 0 Å². The van der Waals surface area contributed by atoms with Crippen LogP contribution in [0.2, 0.25) is 0 Å². The number of ketones is 1. The summed E-state index contributed by atoms with van der Waals surface area (Å²) in [6.45, 7) is 9.38. The van der Waals surface area contributed by atoms with Crippen LogP contribution in [0.4, 0.5) is 0 Å². The molecule has 11 atom stereocenters. The maximum atomic E-state index is 12.4. The number of hydrogen-bond donors (Lipinski definition) is 5. The van der Waals surface area contributed by atoms with Crippen LogP contribution in [0, 0.1) is 46.3 Å². The van der Waals surface area contributed by atoms with Crippen molar-refractivity contribution in [3.63, 3.8) is 0 Å². The van der Waals surface area contributed by atoms with Gasteiger partial charge in [0.05, 0.1) is 38.1 Å². The van der Waals surface area contributed by atoms with Gasteiger partial charge >= 0.3 is 5.97 Å². The first-order valence-corrected chi connectivity index (χ1v) is 17.7. The van der Waals surface area contributed by atoms with Crippen LogP contribution in [0.3, 0.4) is 0 Å². The van der Waals surface area contributed by atoms with Crippen molar-refractivity contribution in [2.45, 2.75) is 117 Å². The summed E-state index contributed by atoms with van der Waals surface area (Å²) in [5.74, 6) is -0.304. The van der Waals surface area contributed by atoms with Crippen LogP contribution in [-0.4, -0.2) is 90.2 Å². The average molecular weight is 667 g/mol. The molecule has 1 unspecified atom stereocenters. The van der Waals surface area contributed by atoms with Gasteiger partial charge in [0.25, 0.3) is 0 Å². The third kappa shape index (κ3) is 8.92. The average Bonchev–Trinajstić information content (AvgIpc) is 3.38. The van der Waals surface area contributed by atoms with E-state index in [4.69, 9.17) is 14.3 Å². The summed E-state index contributed by atoms with van der Waals surface area (Å²) in [7, 11) is 0. The molecule has 0 aromatic carbocycles. The lowest BCUT2D eigenvalue weighted by Crippen LogP contribution is -2.62. The van der Waals surface area contributed by atoms with Crippen molar-refractivity contribution in [2.75, 3.05) is 33.0 Å². The smallest absolute Gasteiger partial charge is 0.303 e. The molecule has 4 aliphatic carbocycles. The van der Waals surface area contributed by atoms with Gasteiger partial charge in [0.15, 0.2) is 5.78 Å². The minimum atomic E-state index is -0.783. The fourth-order valence-electron chi connectivity index (χ4n) is 9.99. The number of fused-ring (bicyclic) bond motifs is 5. The summed E-state index contributed by atoms with van der Waals surface area (Å²) in [6, 6.07) is 0. The van der Waals surface area contributed by atoms with Gasteiger partial charge in [0, 0.05) is 25.8 Å². The highest BCUT2D eigenvalue weighted by Crippen LogP contribution is 2.68. The van der Waals surface area contributed by atoms with Crippen LogP contribution in [0.25, 0.3) is 0 Å². The zero-order valence-corrected chi connectivity index (χ0v) is 28.7.